The summed E-state index contributed by atoms with van der Waals surface area (Å²) in [5.41, 5.74) is 4.68. The van der Waals surface area contributed by atoms with Gasteiger partial charge < -0.3 is 10.1 Å². The Morgan fingerprint density at radius 3 is 2.73 bits per heavy atom. The van der Waals surface area contributed by atoms with E-state index in [1.165, 1.54) is 0 Å². The molecule has 1 heterocycles. The first kappa shape index (κ1) is 17.8. The lowest BCUT2D eigenvalue weighted by Crippen LogP contribution is -2.17. The number of aryl methyl sites for hydroxylation is 2. The quantitative estimate of drug-likeness (QED) is 0.738. The third-order valence-corrected chi connectivity index (χ3v) is 4.15. The predicted molar refractivity (Wildman–Crippen MR) is 101 cm³/mol. The number of hydrogen-bond donors (Lipinski definition) is 1. The van der Waals surface area contributed by atoms with E-state index in [-0.39, 0.29) is 18.2 Å². The molecule has 0 bridgehead atoms. The van der Waals surface area contributed by atoms with E-state index in [0.717, 1.165) is 28.9 Å². The number of anilines is 1. The van der Waals surface area contributed by atoms with E-state index in [4.69, 9.17) is 4.74 Å². The van der Waals surface area contributed by atoms with Crippen molar-refractivity contribution in [2.75, 3.05) is 12.4 Å². The lowest BCUT2D eigenvalue weighted by Gasteiger charge is -2.10. The Labute approximate surface area is 152 Å². The largest absolute Gasteiger partial charge is 0.378 e. The molecule has 6 nitrogen and oxygen atoms in total. The minimum Gasteiger partial charge on any atom is -0.378 e. The van der Waals surface area contributed by atoms with E-state index < -0.39 is 0 Å². The topological polar surface area (TPSA) is 69.0 Å². The average molecular weight is 350 g/mol. The van der Waals surface area contributed by atoms with E-state index in [1.54, 1.807) is 11.8 Å². The van der Waals surface area contributed by atoms with Crippen molar-refractivity contribution >= 4 is 11.6 Å². The van der Waals surface area contributed by atoms with Crippen molar-refractivity contribution in [1.82, 2.24) is 15.0 Å². The van der Waals surface area contributed by atoms with Gasteiger partial charge in [-0.05, 0) is 42.7 Å². The van der Waals surface area contributed by atoms with E-state index in [0.29, 0.717) is 5.69 Å². The SMILES string of the molecule is CCc1ccccc1NC(=O)c1nnn(-c2cccc(C)c2)c1COC. The molecule has 0 aliphatic heterocycles. The van der Waals surface area contributed by atoms with E-state index in [2.05, 4.69) is 22.6 Å². The normalized spacial score (nSPS) is 10.7. The van der Waals surface area contributed by atoms with Crippen LogP contribution in [0.5, 0.6) is 0 Å². The summed E-state index contributed by atoms with van der Waals surface area (Å²) < 4.78 is 6.93. The number of aromatic nitrogens is 3. The first-order valence-electron chi connectivity index (χ1n) is 8.53. The number of rotatable bonds is 6. The molecule has 0 atom stereocenters. The van der Waals surface area contributed by atoms with Gasteiger partial charge in [-0.2, -0.15) is 0 Å². The summed E-state index contributed by atoms with van der Waals surface area (Å²) in [5.74, 6) is -0.295. The second-order valence-corrected chi connectivity index (χ2v) is 6.03. The van der Waals surface area contributed by atoms with Gasteiger partial charge in [0, 0.05) is 12.8 Å². The maximum Gasteiger partial charge on any atom is 0.278 e. The van der Waals surface area contributed by atoms with Crippen LogP contribution in [-0.2, 0) is 17.8 Å². The van der Waals surface area contributed by atoms with Crippen molar-refractivity contribution in [3.8, 4) is 5.69 Å². The Balaban J connectivity index is 1.96. The first-order chi connectivity index (χ1) is 12.6. The van der Waals surface area contributed by atoms with Crippen LogP contribution in [0.2, 0.25) is 0 Å². The molecule has 134 valence electrons. The summed E-state index contributed by atoms with van der Waals surface area (Å²) in [4.78, 5) is 12.8. The standard InChI is InChI=1S/C20H22N4O2/c1-4-15-9-5-6-11-17(15)21-20(25)19-18(13-26-3)24(23-22-19)16-10-7-8-14(2)12-16/h5-12H,4,13H2,1-3H3,(H,21,25). The van der Waals surface area contributed by atoms with Crippen LogP contribution in [0, 0.1) is 6.92 Å². The summed E-state index contributed by atoms with van der Waals surface area (Å²) in [7, 11) is 1.58. The fourth-order valence-electron chi connectivity index (χ4n) is 2.84. The minimum absolute atomic E-state index is 0.235. The highest BCUT2D eigenvalue weighted by Crippen LogP contribution is 2.19. The molecule has 6 heteroatoms. The monoisotopic (exact) mass is 350 g/mol. The van der Waals surface area contributed by atoms with Gasteiger partial charge in [0.2, 0.25) is 0 Å². The lowest BCUT2D eigenvalue weighted by atomic mass is 10.1. The molecule has 0 radical (unpaired) electrons. The Hall–Kier alpha value is -2.99. The second kappa shape index (κ2) is 7.93. The van der Waals surface area contributed by atoms with Gasteiger partial charge in [0.15, 0.2) is 5.69 Å². The van der Waals surface area contributed by atoms with Gasteiger partial charge in [0.1, 0.15) is 5.69 Å². The number of methoxy groups -OCH3 is 1. The molecule has 0 spiro atoms. The third-order valence-electron chi connectivity index (χ3n) is 4.15. The molecular formula is C20H22N4O2. The predicted octanol–water partition coefficient (Wildman–Crippen LogP) is 3.54. The highest BCUT2D eigenvalue weighted by molar-refractivity contribution is 6.04. The van der Waals surface area contributed by atoms with Crippen LogP contribution in [0.1, 0.15) is 34.2 Å². The van der Waals surface area contributed by atoms with Crippen LogP contribution in [0.4, 0.5) is 5.69 Å². The number of carbonyl (C=O) groups is 1. The molecular weight excluding hydrogens is 328 g/mol. The molecule has 0 unspecified atom stereocenters. The van der Waals surface area contributed by atoms with E-state index in [9.17, 15) is 4.79 Å². The molecule has 1 amide bonds. The first-order valence-corrected chi connectivity index (χ1v) is 8.53. The Morgan fingerprint density at radius 2 is 2.00 bits per heavy atom. The molecule has 0 saturated heterocycles. The summed E-state index contributed by atoms with van der Waals surface area (Å²) in [5, 5.41) is 11.2. The molecule has 1 N–H and O–H groups in total. The number of nitrogens with one attached hydrogen (secondary N) is 1. The number of nitrogens with zero attached hydrogens (tertiary/aromatic N) is 3. The fraction of sp³-hybridized carbons (Fsp3) is 0.250. The Kier molecular flexibility index (Phi) is 5.43. The van der Waals surface area contributed by atoms with E-state index in [1.807, 2.05) is 55.5 Å². The molecule has 26 heavy (non-hydrogen) atoms. The van der Waals surface area contributed by atoms with Gasteiger partial charge in [-0.15, -0.1) is 5.10 Å². The third kappa shape index (κ3) is 3.65. The summed E-state index contributed by atoms with van der Waals surface area (Å²) in [6.45, 7) is 4.29. The number of para-hydroxylation sites is 1. The molecule has 3 rings (SSSR count). The zero-order valence-electron chi connectivity index (χ0n) is 15.2. The molecule has 0 fully saturated rings. The van der Waals surface area contributed by atoms with Gasteiger partial charge in [0.05, 0.1) is 12.3 Å². The molecule has 0 aliphatic rings. The van der Waals surface area contributed by atoms with Gasteiger partial charge in [-0.1, -0.05) is 42.5 Å². The van der Waals surface area contributed by atoms with Gasteiger partial charge >= 0.3 is 0 Å². The Bertz CT molecular complexity index is 918. The van der Waals surface area contributed by atoms with Crippen molar-refractivity contribution in [3.05, 3.63) is 71.0 Å². The number of carbonyl (C=O) groups excluding carboxylic acids is 1. The summed E-state index contributed by atoms with van der Waals surface area (Å²) >= 11 is 0. The molecule has 0 aliphatic carbocycles. The van der Waals surface area contributed by atoms with Crippen molar-refractivity contribution in [3.63, 3.8) is 0 Å². The number of amides is 1. The molecule has 1 aromatic heterocycles. The van der Waals surface area contributed by atoms with Gasteiger partial charge in [-0.3, -0.25) is 4.79 Å². The van der Waals surface area contributed by atoms with Crippen molar-refractivity contribution in [2.24, 2.45) is 0 Å². The van der Waals surface area contributed by atoms with E-state index >= 15 is 0 Å². The van der Waals surface area contributed by atoms with Crippen LogP contribution >= 0.6 is 0 Å². The zero-order valence-corrected chi connectivity index (χ0v) is 15.2. The van der Waals surface area contributed by atoms with Crippen LogP contribution in [-0.4, -0.2) is 28.0 Å². The Morgan fingerprint density at radius 1 is 1.19 bits per heavy atom. The minimum atomic E-state index is -0.295. The van der Waals surface area contributed by atoms with Crippen LogP contribution < -0.4 is 5.32 Å². The summed E-state index contributed by atoms with van der Waals surface area (Å²) in [6.07, 6.45) is 0.831. The van der Waals surface area contributed by atoms with Crippen molar-refractivity contribution in [1.29, 1.82) is 0 Å². The summed E-state index contributed by atoms with van der Waals surface area (Å²) in [6, 6.07) is 15.6. The molecule has 2 aromatic carbocycles. The maximum absolute atomic E-state index is 12.8. The second-order valence-electron chi connectivity index (χ2n) is 6.03. The maximum atomic E-state index is 12.8. The van der Waals surface area contributed by atoms with Crippen molar-refractivity contribution in [2.45, 2.75) is 26.9 Å². The fourth-order valence-corrected chi connectivity index (χ4v) is 2.84. The molecule has 3 aromatic rings. The van der Waals surface area contributed by atoms with Crippen LogP contribution in [0.15, 0.2) is 48.5 Å². The highest BCUT2D eigenvalue weighted by atomic mass is 16.5. The van der Waals surface area contributed by atoms with Gasteiger partial charge in [-0.25, -0.2) is 4.68 Å². The van der Waals surface area contributed by atoms with Gasteiger partial charge in [0.25, 0.3) is 5.91 Å². The smallest absolute Gasteiger partial charge is 0.278 e. The van der Waals surface area contributed by atoms with Crippen LogP contribution in [0.25, 0.3) is 5.69 Å². The van der Waals surface area contributed by atoms with Crippen LogP contribution in [0.3, 0.4) is 0 Å². The highest BCUT2D eigenvalue weighted by Gasteiger charge is 2.21. The number of benzene rings is 2. The lowest BCUT2D eigenvalue weighted by molar-refractivity contribution is 0.101. The average Bonchev–Trinajstić information content (AvgIpc) is 3.06. The zero-order chi connectivity index (χ0) is 18.5. The van der Waals surface area contributed by atoms with Crippen molar-refractivity contribution < 1.29 is 9.53 Å². The molecule has 0 saturated carbocycles. The number of ether oxygens (including phenoxy) is 1. The number of hydrogen-bond acceptors (Lipinski definition) is 4.